The number of halogens is 3. The highest BCUT2D eigenvalue weighted by Crippen LogP contribution is 2.36. The minimum Gasteiger partial charge on any atom is -0.384 e. The predicted octanol–water partition coefficient (Wildman–Crippen LogP) is 6.21. The molecular weight excluding hydrogens is 460 g/mol. The summed E-state index contributed by atoms with van der Waals surface area (Å²) >= 11 is 10.5. The van der Waals surface area contributed by atoms with Gasteiger partial charge in [-0.2, -0.15) is 0 Å². The third-order valence-corrected chi connectivity index (χ3v) is 5.36. The van der Waals surface area contributed by atoms with Crippen molar-refractivity contribution in [2.45, 2.75) is 6.10 Å². The van der Waals surface area contributed by atoms with Gasteiger partial charge in [0, 0.05) is 19.0 Å². The molecule has 0 fully saturated rings. The summed E-state index contributed by atoms with van der Waals surface area (Å²) in [5, 5.41) is 13.0. The number of hydrogen-bond donors (Lipinski definition) is 1. The summed E-state index contributed by atoms with van der Waals surface area (Å²) in [6.07, 6.45) is -0.685. The van der Waals surface area contributed by atoms with Crippen LogP contribution < -0.4 is 0 Å². The minimum atomic E-state index is -0.685. The molecule has 21 heavy (non-hydrogen) atoms. The van der Waals surface area contributed by atoms with E-state index < -0.39 is 6.10 Å². The number of aliphatic hydroxyl groups excluding tert-OH is 1. The lowest BCUT2D eigenvalue weighted by Gasteiger charge is -2.17. The largest absolute Gasteiger partial charge is 0.384 e. The van der Waals surface area contributed by atoms with Crippen LogP contribution in [0, 0.1) is 0 Å². The molecule has 3 rings (SSSR count). The van der Waals surface area contributed by atoms with Gasteiger partial charge in [0.05, 0.1) is 0 Å². The maximum absolute atomic E-state index is 10.8. The third-order valence-electron chi connectivity index (χ3n) is 3.45. The summed E-state index contributed by atoms with van der Waals surface area (Å²) in [6, 6.07) is 17.8. The molecule has 0 aliphatic carbocycles. The molecule has 3 aromatic carbocycles. The molecule has 4 heteroatoms. The Hall–Kier alpha value is -0.680. The highest BCUT2D eigenvalue weighted by molar-refractivity contribution is 9.11. The normalized spacial score (nSPS) is 12.6. The number of fused-ring (bicyclic) bond motifs is 1. The van der Waals surface area contributed by atoms with Crippen LogP contribution in [0.15, 0.2) is 68.0 Å². The first-order chi connectivity index (χ1) is 10.1. The van der Waals surface area contributed by atoms with Crippen molar-refractivity contribution in [3.63, 3.8) is 0 Å². The highest BCUT2D eigenvalue weighted by atomic mass is 79.9. The van der Waals surface area contributed by atoms with Crippen LogP contribution in [0.25, 0.3) is 10.8 Å². The fraction of sp³-hybridized carbons (Fsp3) is 0.0588. The van der Waals surface area contributed by atoms with Gasteiger partial charge in [0.2, 0.25) is 0 Å². The first-order valence-corrected chi connectivity index (χ1v) is 8.76. The molecule has 0 saturated carbocycles. The quantitative estimate of drug-likeness (QED) is 0.472. The van der Waals surface area contributed by atoms with E-state index in [1.54, 1.807) is 0 Å². The summed E-state index contributed by atoms with van der Waals surface area (Å²) in [5.41, 5.74) is 1.74. The smallest absolute Gasteiger partial charge is 0.106 e. The summed E-state index contributed by atoms with van der Waals surface area (Å²) in [7, 11) is 0. The second-order valence-electron chi connectivity index (χ2n) is 4.75. The van der Waals surface area contributed by atoms with E-state index in [2.05, 4.69) is 47.8 Å². The molecule has 0 heterocycles. The second-order valence-corrected chi connectivity index (χ2v) is 7.37. The predicted molar refractivity (Wildman–Crippen MR) is 97.6 cm³/mol. The number of aliphatic hydroxyl groups is 1. The minimum absolute atomic E-state index is 0.685. The van der Waals surface area contributed by atoms with Crippen LogP contribution in [0.1, 0.15) is 17.2 Å². The van der Waals surface area contributed by atoms with Gasteiger partial charge in [0.1, 0.15) is 6.10 Å². The van der Waals surface area contributed by atoms with Gasteiger partial charge in [0.25, 0.3) is 0 Å². The molecule has 1 nitrogen and oxygen atoms in total. The average Bonchev–Trinajstić information content (AvgIpc) is 2.50. The van der Waals surface area contributed by atoms with Crippen molar-refractivity contribution in [2.24, 2.45) is 0 Å². The Bertz CT molecular complexity index is 814. The lowest BCUT2D eigenvalue weighted by molar-refractivity contribution is 0.221. The van der Waals surface area contributed by atoms with Crippen molar-refractivity contribution in [3.8, 4) is 0 Å². The summed E-state index contributed by atoms with van der Waals surface area (Å²) in [6.45, 7) is 0. The van der Waals surface area contributed by atoms with Crippen LogP contribution in [-0.4, -0.2) is 5.11 Å². The van der Waals surface area contributed by atoms with Crippen LogP contribution in [0.4, 0.5) is 0 Å². The van der Waals surface area contributed by atoms with Gasteiger partial charge < -0.3 is 5.11 Å². The molecular formula is C17H11Br3O. The van der Waals surface area contributed by atoms with Crippen LogP contribution in [-0.2, 0) is 0 Å². The van der Waals surface area contributed by atoms with E-state index in [1.165, 1.54) is 0 Å². The molecule has 0 aliphatic rings. The summed E-state index contributed by atoms with van der Waals surface area (Å²) in [4.78, 5) is 0. The molecule has 0 aromatic heterocycles. The van der Waals surface area contributed by atoms with Crippen LogP contribution in [0.2, 0.25) is 0 Å². The van der Waals surface area contributed by atoms with Crippen molar-refractivity contribution in [1.29, 1.82) is 0 Å². The number of hydrogen-bond acceptors (Lipinski definition) is 1. The van der Waals surface area contributed by atoms with Crippen LogP contribution in [0.5, 0.6) is 0 Å². The Morgan fingerprint density at radius 1 is 0.714 bits per heavy atom. The number of benzene rings is 3. The van der Waals surface area contributed by atoms with Crippen LogP contribution >= 0.6 is 47.8 Å². The van der Waals surface area contributed by atoms with Crippen molar-refractivity contribution >= 4 is 58.6 Å². The van der Waals surface area contributed by atoms with Crippen LogP contribution in [0.3, 0.4) is 0 Å². The van der Waals surface area contributed by atoms with E-state index in [0.29, 0.717) is 0 Å². The molecule has 0 radical (unpaired) electrons. The monoisotopic (exact) mass is 468 g/mol. The Morgan fingerprint density at radius 2 is 1.38 bits per heavy atom. The van der Waals surface area contributed by atoms with Gasteiger partial charge in [-0.25, -0.2) is 0 Å². The zero-order valence-electron chi connectivity index (χ0n) is 10.9. The molecule has 0 spiro atoms. The Balaban J connectivity index is 2.20. The van der Waals surface area contributed by atoms with Gasteiger partial charge in [-0.05, 0) is 40.6 Å². The van der Waals surface area contributed by atoms with Crippen molar-refractivity contribution < 1.29 is 5.11 Å². The molecule has 1 atom stereocenters. The maximum Gasteiger partial charge on any atom is 0.106 e. The SMILES string of the molecule is OC(c1cc(Br)ccc1Br)c1ccc(Br)c2ccccc12. The maximum atomic E-state index is 10.8. The molecule has 0 bridgehead atoms. The first-order valence-electron chi connectivity index (χ1n) is 6.38. The topological polar surface area (TPSA) is 20.2 Å². The zero-order valence-corrected chi connectivity index (χ0v) is 15.6. The lowest BCUT2D eigenvalue weighted by atomic mass is 9.96. The second kappa shape index (κ2) is 6.21. The van der Waals surface area contributed by atoms with E-state index >= 15 is 0 Å². The number of rotatable bonds is 2. The Kier molecular flexibility index (Phi) is 4.50. The fourth-order valence-electron chi connectivity index (χ4n) is 2.42. The van der Waals surface area contributed by atoms with Gasteiger partial charge >= 0.3 is 0 Å². The van der Waals surface area contributed by atoms with E-state index in [-0.39, 0.29) is 0 Å². The fourth-order valence-corrected chi connectivity index (χ4v) is 3.74. The van der Waals surface area contributed by atoms with Crippen molar-refractivity contribution in [3.05, 3.63) is 79.1 Å². The molecule has 1 N–H and O–H groups in total. The molecule has 106 valence electrons. The van der Waals surface area contributed by atoms with Gasteiger partial charge in [-0.15, -0.1) is 0 Å². The molecule has 0 aliphatic heterocycles. The Labute approximate surface area is 148 Å². The zero-order chi connectivity index (χ0) is 15.0. The molecule has 1 unspecified atom stereocenters. The average molecular weight is 471 g/mol. The molecule has 3 aromatic rings. The lowest BCUT2D eigenvalue weighted by Crippen LogP contribution is -2.02. The first kappa shape index (κ1) is 15.2. The van der Waals surface area contributed by atoms with E-state index in [0.717, 1.165) is 35.3 Å². The van der Waals surface area contributed by atoms with E-state index in [1.807, 2.05) is 54.6 Å². The van der Waals surface area contributed by atoms with E-state index in [9.17, 15) is 5.11 Å². The van der Waals surface area contributed by atoms with Gasteiger partial charge in [-0.1, -0.05) is 78.1 Å². The van der Waals surface area contributed by atoms with Gasteiger partial charge in [0.15, 0.2) is 0 Å². The van der Waals surface area contributed by atoms with Crippen molar-refractivity contribution in [2.75, 3.05) is 0 Å². The van der Waals surface area contributed by atoms with Crippen molar-refractivity contribution in [1.82, 2.24) is 0 Å². The summed E-state index contributed by atoms with van der Waals surface area (Å²) in [5.74, 6) is 0. The molecule has 0 saturated heterocycles. The highest BCUT2D eigenvalue weighted by Gasteiger charge is 2.17. The van der Waals surface area contributed by atoms with Gasteiger partial charge in [-0.3, -0.25) is 0 Å². The summed E-state index contributed by atoms with van der Waals surface area (Å²) < 4.78 is 2.87. The standard InChI is InChI=1S/C17H11Br3O/c18-10-5-7-16(20)14(9-10)17(21)13-6-8-15(19)12-4-2-1-3-11(12)13/h1-9,17,21H. The van der Waals surface area contributed by atoms with E-state index in [4.69, 9.17) is 0 Å². The Morgan fingerprint density at radius 3 is 2.14 bits per heavy atom. The molecule has 0 amide bonds. The third kappa shape index (κ3) is 2.95.